The molecule has 0 radical (unpaired) electrons. The summed E-state index contributed by atoms with van der Waals surface area (Å²) >= 11 is 3.48. The molecule has 1 aromatic heterocycles. The zero-order chi connectivity index (χ0) is 14.4. The lowest BCUT2D eigenvalue weighted by atomic mass is 9.98. The van der Waals surface area contributed by atoms with Gasteiger partial charge in [-0.25, -0.2) is 0 Å². The Kier molecular flexibility index (Phi) is 5.74. The molecule has 0 aliphatic heterocycles. The van der Waals surface area contributed by atoms with Gasteiger partial charge in [0.15, 0.2) is 0 Å². The minimum absolute atomic E-state index is 0.181. The Labute approximate surface area is 129 Å². The molecule has 0 saturated heterocycles. The van der Waals surface area contributed by atoms with E-state index in [4.69, 9.17) is 0 Å². The van der Waals surface area contributed by atoms with E-state index in [9.17, 15) is 0 Å². The van der Waals surface area contributed by atoms with Gasteiger partial charge in [-0.1, -0.05) is 37.6 Å². The molecule has 0 saturated carbocycles. The van der Waals surface area contributed by atoms with Crippen LogP contribution in [-0.2, 0) is 6.42 Å². The van der Waals surface area contributed by atoms with Crippen LogP contribution in [0.3, 0.4) is 0 Å². The molecule has 0 amide bonds. The maximum atomic E-state index is 4.25. The Hall–Kier alpha value is -1.19. The smallest absolute Gasteiger partial charge is 0.0589 e. The highest BCUT2D eigenvalue weighted by Crippen LogP contribution is 2.24. The van der Waals surface area contributed by atoms with Gasteiger partial charge in [-0.05, 0) is 58.6 Å². The first kappa shape index (κ1) is 15.2. The summed E-state index contributed by atoms with van der Waals surface area (Å²) in [5.41, 5.74) is 3.86. The van der Waals surface area contributed by atoms with Gasteiger partial charge < -0.3 is 5.32 Å². The summed E-state index contributed by atoms with van der Waals surface area (Å²) in [6.45, 7) is 2.23. The second-order valence-corrected chi connectivity index (χ2v) is 5.92. The van der Waals surface area contributed by atoms with Crippen LogP contribution < -0.4 is 5.32 Å². The third kappa shape index (κ3) is 3.90. The Morgan fingerprint density at radius 3 is 2.50 bits per heavy atom. The zero-order valence-corrected chi connectivity index (χ0v) is 13.7. The highest BCUT2D eigenvalue weighted by atomic mass is 79.9. The quantitative estimate of drug-likeness (QED) is 0.842. The standard InChI is InChI=1S/C17H21BrN2/c1-3-4-5-13-6-8-14(9-7-13)17(19-2)15-10-16(18)12-20-11-15/h6-12,17,19H,3-5H2,1-2H3. The van der Waals surface area contributed by atoms with Crippen molar-refractivity contribution in [3.05, 3.63) is 63.9 Å². The summed E-state index contributed by atoms with van der Waals surface area (Å²) in [7, 11) is 1.98. The number of hydrogen-bond donors (Lipinski definition) is 1. The highest BCUT2D eigenvalue weighted by molar-refractivity contribution is 9.10. The lowest BCUT2D eigenvalue weighted by Crippen LogP contribution is -2.17. The molecule has 20 heavy (non-hydrogen) atoms. The molecule has 2 rings (SSSR count). The number of halogens is 1. The van der Waals surface area contributed by atoms with Crippen molar-refractivity contribution >= 4 is 15.9 Å². The van der Waals surface area contributed by atoms with Crippen molar-refractivity contribution in [2.75, 3.05) is 7.05 Å². The van der Waals surface area contributed by atoms with Crippen LogP contribution in [0.5, 0.6) is 0 Å². The fourth-order valence-electron chi connectivity index (χ4n) is 2.37. The van der Waals surface area contributed by atoms with Crippen LogP contribution in [0.2, 0.25) is 0 Å². The second kappa shape index (κ2) is 7.55. The highest BCUT2D eigenvalue weighted by Gasteiger charge is 2.12. The number of nitrogens with one attached hydrogen (secondary N) is 1. The molecule has 1 heterocycles. The lowest BCUT2D eigenvalue weighted by molar-refractivity contribution is 0.687. The van der Waals surface area contributed by atoms with E-state index in [0.717, 1.165) is 4.47 Å². The van der Waals surface area contributed by atoms with Crippen molar-refractivity contribution in [1.29, 1.82) is 0 Å². The van der Waals surface area contributed by atoms with Crippen molar-refractivity contribution < 1.29 is 0 Å². The SMILES string of the molecule is CCCCc1ccc(C(NC)c2cncc(Br)c2)cc1. The van der Waals surface area contributed by atoms with Crippen LogP contribution in [0.4, 0.5) is 0 Å². The van der Waals surface area contributed by atoms with Gasteiger partial charge in [0, 0.05) is 16.9 Å². The first-order valence-electron chi connectivity index (χ1n) is 7.11. The second-order valence-electron chi connectivity index (χ2n) is 5.00. The van der Waals surface area contributed by atoms with Gasteiger partial charge in [0.1, 0.15) is 0 Å². The van der Waals surface area contributed by atoms with E-state index in [-0.39, 0.29) is 6.04 Å². The van der Waals surface area contributed by atoms with Crippen LogP contribution in [0.15, 0.2) is 47.2 Å². The van der Waals surface area contributed by atoms with Crippen LogP contribution in [0, 0.1) is 0 Å². The molecule has 2 aromatic rings. The van der Waals surface area contributed by atoms with E-state index in [0.29, 0.717) is 0 Å². The van der Waals surface area contributed by atoms with Crippen molar-refractivity contribution in [3.63, 3.8) is 0 Å². The molecule has 0 bridgehead atoms. The predicted octanol–water partition coefficient (Wildman–Crippen LogP) is 4.50. The van der Waals surface area contributed by atoms with Gasteiger partial charge in [0.2, 0.25) is 0 Å². The number of unbranched alkanes of at least 4 members (excludes halogenated alkanes) is 1. The number of rotatable bonds is 6. The third-order valence-electron chi connectivity index (χ3n) is 3.48. The van der Waals surface area contributed by atoms with Crippen LogP contribution in [-0.4, -0.2) is 12.0 Å². The minimum atomic E-state index is 0.181. The number of aromatic nitrogens is 1. The fourth-order valence-corrected chi connectivity index (χ4v) is 2.75. The van der Waals surface area contributed by atoms with Crippen LogP contribution >= 0.6 is 15.9 Å². The molecular weight excluding hydrogens is 312 g/mol. The van der Waals surface area contributed by atoms with Gasteiger partial charge in [0.25, 0.3) is 0 Å². The van der Waals surface area contributed by atoms with Gasteiger partial charge in [-0.3, -0.25) is 4.98 Å². The van der Waals surface area contributed by atoms with E-state index >= 15 is 0 Å². The number of hydrogen-bond acceptors (Lipinski definition) is 2. The van der Waals surface area contributed by atoms with Crippen molar-refractivity contribution in [2.45, 2.75) is 32.2 Å². The first-order chi connectivity index (χ1) is 9.74. The molecule has 106 valence electrons. The molecule has 0 aliphatic carbocycles. The van der Waals surface area contributed by atoms with E-state index < -0.39 is 0 Å². The van der Waals surface area contributed by atoms with Gasteiger partial charge in [0.05, 0.1) is 6.04 Å². The molecule has 2 nitrogen and oxygen atoms in total. The predicted molar refractivity (Wildman–Crippen MR) is 87.9 cm³/mol. The number of nitrogens with zero attached hydrogens (tertiary/aromatic N) is 1. The third-order valence-corrected chi connectivity index (χ3v) is 3.91. The molecule has 0 fully saturated rings. The number of aryl methyl sites for hydroxylation is 1. The van der Waals surface area contributed by atoms with E-state index in [1.54, 1.807) is 0 Å². The molecule has 3 heteroatoms. The maximum Gasteiger partial charge on any atom is 0.0589 e. The van der Waals surface area contributed by atoms with E-state index in [1.165, 1.54) is 36.0 Å². The van der Waals surface area contributed by atoms with Crippen LogP contribution in [0.25, 0.3) is 0 Å². The summed E-state index contributed by atoms with van der Waals surface area (Å²) in [4.78, 5) is 4.25. The monoisotopic (exact) mass is 332 g/mol. The molecule has 1 N–H and O–H groups in total. The lowest BCUT2D eigenvalue weighted by Gasteiger charge is -2.17. The van der Waals surface area contributed by atoms with Crippen molar-refractivity contribution in [1.82, 2.24) is 10.3 Å². The Morgan fingerprint density at radius 2 is 1.90 bits per heavy atom. The van der Waals surface area contributed by atoms with Crippen LogP contribution in [0.1, 0.15) is 42.5 Å². The molecular formula is C17H21BrN2. The summed E-state index contributed by atoms with van der Waals surface area (Å²) in [5.74, 6) is 0. The largest absolute Gasteiger partial charge is 0.309 e. The average Bonchev–Trinajstić information content (AvgIpc) is 2.47. The van der Waals surface area contributed by atoms with Gasteiger partial charge >= 0.3 is 0 Å². The van der Waals surface area contributed by atoms with Gasteiger partial charge in [-0.15, -0.1) is 0 Å². The summed E-state index contributed by atoms with van der Waals surface area (Å²) in [6, 6.07) is 11.2. The summed E-state index contributed by atoms with van der Waals surface area (Å²) in [6.07, 6.45) is 7.38. The number of pyridine rings is 1. The summed E-state index contributed by atoms with van der Waals surface area (Å²) in [5, 5.41) is 3.36. The van der Waals surface area contributed by atoms with Gasteiger partial charge in [-0.2, -0.15) is 0 Å². The molecule has 1 aromatic carbocycles. The zero-order valence-electron chi connectivity index (χ0n) is 12.1. The molecule has 1 unspecified atom stereocenters. The first-order valence-corrected chi connectivity index (χ1v) is 7.90. The average molecular weight is 333 g/mol. The Bertz CT molecular complexity index is 537. The topological polar surface area (TPSA) is 24.9 Å². The van der Waals surface area contributed by atoms with Crippen molar-refractivity contribution in [3.8, 4) is 0 Å². The minimum Gasteiger partial charge on any atom is -0.309 e. The summed E-state index contributed by atoms with van der Waals surface area (Å²) < 4.78 is 1.01. The van der Waals surface area contributed by atoms with Crippen molar-refractivity contribution in [2.24, 2.45) is 0 Å². The maximum absolute atomic E-state index is 4.25. The normalized spacial score (nSPS) is 12.3. The van der Waals surface area contributed by atoms with E-state index in [2.05, 4.69) is 63.5 Å². The molecule has 0 spiro atoms. The number of benzene rings is 1. The molecule has 0 aliphatic rings. The fraction of sp³-hybridized carbons (Fsp3) is 0.353. The Balaban J connectivity index is 2.19. The molecule has 1 atom stereocenters. The Morgan fingerprint density at radius 1 is 1.15 bits per heavy atom. The van der Waals surface area contributed by atoms with E-state index in [1.807, 2.05) is 19.4 Å².